The second-order valence-electron chi connectivity index (χ2n) is 4.85. The van der Waals surface area contributed by atoms with E-state index < -0.39 is 0 Å². The van der Waals surface area contributed by atoms with E-state index in [0.29, 0.717) is 6.61 Å². The maximum Gasteiger partial charge on any atom is 0.250 e. The molecule has 1 aromatic carbocycles. The SMILES string of the molecule is Cc1ccc(-n2nnnc2N2CCOC(C)C2)cc1. The Morgan fingerprint density at radius 1 is 1.26 bits per heavy atom. The smallest absolute Gasteiger partial charge is 0.250 e. The lowest BCUT2D eigenvalue weighted by Gasteiger charge is -2.31. The van der Waals surface area contributed by atoms with E-state index in [9.17, 15) is 0 Å². The highest BCUT2D eigenvalue weighted by atomic mass is 16.5. The summed E-state index contributed by atoms with van der Waals surface area (Å²) in [6, 6.07) is 8.17. The van der Waals surface area contributed by atoms with Crippen molar-refractivity contribution in [2.45, 2.75) is 20.0 Å². The van der Waals surface area contributed by atoms with Crippen molar-refractivity contribution >= 4 is 5.95 Å². The Labute approximate surface area is 112 Å². The highest BCUT2D eigenvalue weighted by Gasteiger charge is 2.22. The molecule has 3 rings (SSSR count). The van der Waals surface area contributed by atoms with Gasteiger partial charge in [0.1, 0.15) is 0 Å². The number of nitrogens with zero attached hydrogens (tertiary/aromatic N) is 5. The van der Waals surface area contributed by atoms with Crippen molar-refractivity contribution < 1.29 is 4.74 Å². The van der Waals surface area contributed by atoms with E-state index >= 15 is 0 Å². The van der Waals surface area contributed by atoms with Crippen molar-refractivity contribution in [2.24, 2.45) is 0 Å². The zero-order valence-corrected chi connectivity index (χ0v) is 11.2. The zero-order chi connectivity index (χ0) is 13.2. The maximum atomic E-state index is 5.55. The molecule has 1 saturated heterocycles. The average Bonchev–Trinajstić information content (AvgIpc) is 2.89. The van der Waals surface area contributed by atoms with Gasteiger partial charge in [-0.2, -0.15) is 4.68 Å². The number of rotatable bonds is 2. The van der Waals surface area contributed by atoms with Crippen LogP contribution in [-0.4, -0.2) is 46.0 Å². The van der Waals surface area contributed by atoms with Crippen LogP contribution >= 0.6 is 0 Å². The molecule has 100 valence electrons. The van der Waals surface area contributed by atoms with E-state index in [-0.39, 0.29) is 6.10 Å². The summed E-state index contributed by atoms with van der Waals surface area (Å²) in [6.45, 7) is 6.46. The molecule has 0 bridgehead atoms. The van der Waals surface area contributed by atoms with Crippen LogP contribution in [0.1, 0.15) is 12.5 Å². The molecule has 0 saturated carbocycles. The van der Waals surface area contributed by atoms with Gasteiger partial charge in [-0.25, -0.2) is 0 Å². The molecule has 0 spiro atoms. The van der Waals surface area contributed by atoms with Gasteiger partial charge >= 0.3 is 0 Å². The number of benzene rings is 1. The molecular formula is C13H17N5O. The van der Waals surface area contributed by atoms with Gasteiger partial charge in [0.25, 0.3) is 5.95 Å². The molecule has 6 nitrogen and oxygen atoms in total. The molecule has 2 aromatic rings. The molecule has 2 heterocycles. The van der Waals surface area contributed by atoms with Crippen LogP contribution in [0.2, 0.25) is 0 Å². The largest absolute Gasteiger partial charge is 0.375 e. The Kier molecular flexibility index (Phi) is 3.16. The van der Waals surface area contributed by atoms with Gasteiger partial charge in [-0.05, 0) is 36.4 Å². The fraction of sp³-hybridized carbons (Fsp3) is 0.462. The summed E-state index contributed by atoms with van der Waals surface area (Å²) in [5.41, 5.74) is 2.20. The van der Waals surface area contributed by atoms with Crippen molar-refractivity contribution in [3.63, 3.8) is 0 Å². The molecule has 0 amide bonds. The van der Waals surface area contributed by atoms with Crippen molar-refractivity contribution in [1.82, 2.24) is 20.2 Å². The van der Waals surface area contributed by atoms with Crippen LogP contribution in [-0.2, 0) is 4.74 Å². The van der Waals surface area contributed by atoms with E-state index in [4.69, 9.17) is 4.74 Å². The monoisotopic (exact) mass is 259 g/mol. The number of hydrogen-bond donors (Lipinski definition) is 0. The van der Waals surface area contributed by atoms with Gasteiger partial charge in [-0.1, -0.05) is 22.8 Å². The molecule has 1 fully saturated rings. The van der Waals surface area contributed by atoms with Crippen LogP contribution in [0.5, 0.6) is 0 Å². The summed E-state index contributed by atoms with van der Waals surface area (Å²) < 4.78 is 7.32. The molecule has 1 atom stereocenters. The number of morpholine rings is 1. The van der Waals surface area contributed by atoms with Crippen LogP contribution in [0.3, 0.4) is 0 Å². The molecule has 1 unspecified atom stereocenters. The summed E-state index contributed by atoms with van der Waals surface area (Å²) in [7, 11) is 0. The molecule has 1 aliphatic rings. The summed E-state index contributed by atoms with van der Waals surface area (Å²) in [4.78, 5) is 2.16. The lowest BCUT2D eigenvalue weighted by molar-refractivity contribution is 0.0525. The van der Waals surface area contributed by atoms with Gasteiger partial charge < -0.3 is 9.64 Å². The Balaban J connectivity index is 1.91. The summed E-state index contributed by atoms with van der Waals surface area (Å²) in [5.74, 6) is 0.777. The van der Waals surface area contributed by atoms with E-state index in [2.05, 4.69) is 46.4 Å². The molecule has 6 heteroatoms. The summed E-state index contributed by atoms with van der Waals surface area (Å²) in [5, 5.41) is 12.0. The van der Waals surface area contributed by atoms with Gasteiger partial charge in [0.15, 0.2) is 0 Å². The van der Waals surface area contributed by atoms with Gasteiger partial charge in [0, 0.05) is 13.1 Å². The highest BCUT2D eigenvalue weighted by Crippen LogP contribution is 2.18. The third-order valence-electron chi connectivity index (χ3n) is 3.26. The van der Waals surface area contributed by atoms with Crippen molar-refractivity contribution in [3.8, 4) is 5.69 Å². The minimum absolute atomic E-state index is 0.205. The summed E-state index contributed by atoms with van der Waals surface area (Å²) >= 11 is 0. The second-order valence-corrected chi connectivity index (χ2v) is 4.85. The molecule has 0 radical (unpaired) electrons. The van der Waals surface area contributed by atoms with E-state index in [0.717, 1.165) is 24.7 Å². The Morgan fingerprint density at radius 3 is 2.79 bits per heavy atom. The van der Waals surface area contributed by atoms with Crippen LogP contribution in [0.25, 0.3) is 5.69 Å². The fourth-order valence-electron chi connectivity index (χ4n) is 2.23. The minimum atomic E-state index is 0.205. The molecule has 0 aliphatic carbocycles. The third kappa shape index (κ3) is 2.44. The lowest BCUT2D eigenvalue weighted by Crippen LogP contribution is -2.42. The quantitative estimate of drug-likeness (QED) is 0.811. The topological polar surface area (TPSA) is 56.1 Å². The molecule has 1 aliphatic heterocycles. The van der Waals surface area contributed by atoms with Crippen LogP contribution in [0.15, 0.2) is 24.3 Å². The first kappa shape index (κ1) is 12.1. The van der Waals surface area contributed by atoms with E-state index in [1.165, 1.54) is 5.56 Å². The first-order valence-electron chi connectivity index (χ1n) is 6.46. The number of tetrazole rings is 1. The zero-order valence-electron chi connectivity index (χ0n) is 11.2. The normalized spacial score (nSPS) is 19.7. The van der Waals surface area contributed by atoms with Crippen LogP contribution in [0.4, 0.5) is 5.95 Å². The predicted molar refractivity (Wildman–Crippen MR) is 71.5 cm³/mol. The molecule has 1 aromatic heterocycles. The Morgan fingerprint density at radius 2 is 2.05 bits per heavy atom. The lowest BCUT2D eigenvalue weighted by atomic mass is 10.2. The van der Waals surface area contributed by atoms with E-state index in [1.807, 2.05) is 12.1 Å². The van der Waals surface area contributed by atoms with Crippen molar-refractivity contribution in [1.29, 1.82) is 0 Å². The number of anilines is 1. The Hall–Kier alpha value is -1.95. The minimum Gasteiger partial charge on any atom is -0.375 e. The summed E-state index contributed by atoms with van der Waals surface area (Å²) in [6.07, 6.45) is 0.205. The Bertz CT molecular complexity index is 550. The second kappa shape index (κ2) is 4.97. The van der Waals surface area contributed by atoms with Crippen molar-refractivity contribution in [3.05, 3.63) is 29.8 Å². The van der Waals surface area contributed by atoms with E-state index in [1.54, 1.807) is 4.68 Å². The predicted octanol–water partition coefficient (Wildman–Crippen LogP) is 1.20. The first-order valence-corrected chi connectivity index (χ1v) is 6.46. The number of hydrogen-bond acceptors (Lipinski definition) is 5. The van der Waals surface area contributed by atoms with Gasteiger partial charge in [-0.3, -0.25) is 0 Å². The van der Waals surface area contributed by atoms with Crippen LogP contribution < -0.4 is 4.90 Å². The molecule has 0 N–H and O–H groups in total. The van der Waals surface area contributed by atoms with Crippen molar-refractivity contribution in [2.75, 3.05) is 24.6 Å². The molecule has 19 heavy (non-hydrogen) atoms. The first-order chi connectivity index (χ1) is 9.24. The number of ether oxygens (including phenoxy) is 1. The van der Waals surface area contributed by atoms with Crippen LogP contribution in [0, 0.1) is 6.92 Å². The van der Waals surface area contributed by atoms with Gasteiger partial charge in [-0.15, -0.1) is 0 Å². The van der Waals surface area contributed by atoms with Gasteiger partial charge in [0.05, 0.1) is 18.4 Å². The highest BCUT2D eigenvalue weighted by molar-refractivity contribution is 5.42. The van der Waals surface area contributed by atoms with Gasteiger partial charge in [0.2, 0.25) is 0 Å². The molecular weight excluding hydrogens is 242 g/mol. The number of aromatic nitrogens is 4. The average molecular weight is 259 g/mol. The standard InChI is InChI=1S/C13H17N5O/c1-10-3-5-12(6-4-10)18-13(14-15-16-18)17-7-8-19-11(2)9-17/h3-6,11H,7-9H2,1-2H3. The maximum absolute atomic E-state index is 5.55. The fourth-order valence-corrected chi connectivity index (χ4v) is 2.23. The number of aryl methyl sites for hydroxylation is 1. The third-order valence-corrected chi connectivity index (χ3v) is 3.26.